The van der Waals surface area contributed by atoms with E-state index in [4.69, 9.17) is 0 Å². The Labute approximate surface area is 237 Å². The minimum Gasteiger partial charge on any atom is -0.335 e. The summed E-state index contributed by atoms with van der Waals surface area (Å²) in [4.78, 5) is 17.6. The second-order valence-electron chi connectivity index (χ2n) is 12.4. The first-order chi connectivity index (χ1) is 19.4. The van der Waals surface area contributed by atoms with E-state index in [0.717, 1.165) is 25.2 Å². The topological polar surface area (TPSA) is 23.6 Å². The highest BCUT2D eigenvalue weighted by atomic mass is 19.4. The van der Waals surface area contributed by atoms with E-state index in [1.54, 1.807) is 0 Å². The van der Waals surface area contributed by atoms with Crippen molar-refractivity contribution >= 4 is 5.91 Å². The molecule has 0 N–H and O–H groups in total. The molecule has 1 aliphatic carbocycles. The Bertz CT molecular complexity index is 1150. The Kier molecular flexibility index (Phi) is 8.74. The summed E-state index contributed by atoms with van der Waals surface area (Å²) in [6.07, 6.45) is 0.891. The lowest BCUT2D eigenvalue weighted by Gasteiger charge is -2.46. The van der Waals surface area contributed by atoms with E-state index in [2.05, 4.69) is 4.90 Å². The van der Waals surface area contributed by atoms with Gasteiger partial charge in [-0.3, -0.25) is 4.79 Å². The Morgan fingerprint density at radius 3 is 2.00 bits per heavy atom. The maximum Gasteiger partial charge on any atom is 0.416 e. The molecule has 3 fully saturated rings. The van der Waals surface area contributed by atoms with Crippen LogP contribution < -0.4 is 0 Å². The molecule has 0 bridgehead atoms. The van der Waals surface area contributed by atoms with E-state index in [0.29, 0.717) is 49.3 Å². The zero-order valence-electron chi connectivity index (χ0n) is 23.2. The molecular formula is C32H38F6N2O. The van der Waals surface area contributed by atoms with Crippen LogP contribution in [-0.2, 0) is 18.8 Å². The van der Waals surface area contributed by atoms with Crippen LogP contribution in [0.15, 0.2) is 48.5 Å². The predicted octanol–water partition coefficient (Wildman–Crippen LogP) is 8.23. The number of carbonyl (C=O) groups excluding carboxylic acids is 1. The van der Waals surface area contributed by atoms with Crippen LogP contribution in [0.5, 0.6) is 0 Å². The molecule has 9 heteroatoms. The van der Waals surface area contributed by atoms with Crippen molar-refractivity contribution in [3.05, 3.63) is 70.8 Å². The van der Waals surface area contributed by atoms with E-state index in [1.165, 1.54) is 49.8 Å². The number of hydrogen-bond acceptors (Lipinski definition) is 2. The van der Waals surface area contributed by atoms with Gasteiger partial charge in [0, 0.05) is 24.7 Å². The first-order valence-electron chi connectivity index (χ1n) is 14.8. The van der Waals surface area contributed by atoms with Gasteiger partial charge in [0.15, 0.2) is 0 Å². The Morgan fingerprint density at radius 1 is 0.805 bits per heavy atom. The summed E-state index contributed by atoms with van der Waals surface area (Å²) in [5.41, 5.74) is -2.02. The average Bonchev–Trinajstić information content (AvgIpc) is 2.94. The second-order valence-corrected chi connectivity index (χ2v) is 12.4. The highest BCUT2D eigenvalue weighted by molar-refractivity contribution is 5.95. The lowest BCUT2D eigenvalue weighted by atomic mass is 9.68. The molecule has 1 amide bonds. The molecule has 2 saturated heterocycles. The summed E-state index contributed by atoms with van der Waals surface area (Å²) in [6, 6.07) is 10.4. The highest BCUT2D eigenvalue weighted by Crippen LogP contribution is 2.45. The van der Waals surface area contributed by atoms with Gasteiger partial charge in [0.05, 0.1) is 11.1 Å². The summed E-state index contributed by atoms with van der Waals surface area (Å²) in [5.74, 6) is -0.474. The Balaban J connectivity index is 1.33. The van der Waals surface area contributed by atoms with E-state index in [1.807, 2.05) is 30.3 Å². The number of alkyl halides is 6. The van der Waals surface area contributed by atoms with Crippen molar-refractivity contribution in [3.8, 4) is 0 Å². The lowest BCUT2D eigenvalue weighted by Crippen LogP contribution is -2.50. The summed E-state index contributed by atoms with van der Waals surface area (Å²) in [7, 11) is 0. The van der Waals surface area contributed by atoms with Crippen molar-refractivity contribution in [2.45, 2.75) is 82.6 Å². The molecule has 3 aliphatic rings. The number of carbonyl (C=O) groups is 1. The van der Waals surface area contributed by atoms with Crippen LogP contribution in [0.25, 0.3) is 0 Å². The monoisotopic (exact) mass is 580 g/mol. The molecule has 0 aromatic heterocycles. The smallest absolute Gasteiger partial charge is 0.335 e. The van der Waals surface area contributed by atoms with E-state index in [9.17, 15) is 31.1 Å². The molecule has 2 heterocycles. The minimum absolute atomic E-state index is 0.0700. The first kappa shape index (κ1) is 29.9. The molecule has 1 spiro atoms. The van der Waals surface area contributed by atoms with Gasteiger partial charge in [-0.25, -0.2) is 0 Å². The summed E-state index contributed by atoms with van der Waals surface area (Å²) in [6.45, 7) is 3.33. The summed E-state index contributed by atoms with van der Waals surface area (Å²) >= 11 is 0. The summed E-state index contributed by atoms with van der Waals surface area (Å²) < 4.78 is 81.0. The van der Waals surface area contributed by atoms with Crippen LogP contribution in [-0.4, -0.2) is 47.9 Å². The molecule has 1 saturated carbocycles. The van der Waals surface area contributed by atoms with Gasteiger partial charge in [0.25, 0.3) is 5.91 Å². The molecule has 0 radical (unpaired) electrons. The minimum atomic E-state index is -5.00. The van der Waals surface area contributed by atoms with Crippen LogP contribution in [0.1, 0.15) is 84.8 Å². The molecular weight excluding hydrogens is 542 g/mol. The third-order valence-corrected chi connectivity index (χ3v) is 9.58. The number of likely N-dealkylation sites (tertiary alicyclic amines) is 2. The lowest BCUT2D eigenvalue weighted by molar-refractivity contribution is -0.143. The zero-order valence-corrected chi connectivity index (χ0v) is 23.2. The standard InChI is InChI=1S/C32H38F6N2O/c33-31(34,35)26-19-25(20-27(21-26)32(36,37)38)29(41)40-14-9-24(18-28(40)17-23-7-3-1-4-8-23)22-39-15-12-30(13-16-39)10-5-2-6-11-30/h1,3-4,7-8,19-21,24,28H,2,5-6,9-18,22H2. The van der Waals surface area contributed by atoms with Gasteiger partial charge < -0.3 is 9.80 Å². The number of piperidine rings is 2. The average molecular weight is 581 g/mol. The van der Waals surface area contributed by atoms with Crippen molar-refractivity contribution in [2.75, 3.05) is 26.2 Å². The largest absolute Gasteiger partial charge is 0.416 e. The number of nitrogens with zero attached hydrogens (tertiary/aromatic N) is 2. The Hall–Kier alpha value is -2.55. The number of benzene rings is 2. The molecule has 2 unspecified atom stereocenters. The number of amides is 1. The number of rotatable bonds is 5. The van der Waals surface area contributed by atoms with Gasteiger partial charge >= 0.3 is 12.4 Å². The molecule has 2 aliphatic heterocycles. The van der Waals surface area contributed by atoms with E-state index in [-0.39, 0.29) is 12.1 Å². The number of hydrogen-bond donors (Lipinski definition) is 0. The predicted molar refractivity (Wildman–Crippen MR) is 145 cm³/mol. The second kappa shape index (κ2) is 12.0. The SMILES string of the molecule is O=C(c1cc(C(F)(F)F)cc(C(F)(F)F)c1)N1CCC(CN2CCC3(CCCCC3)CC2)CC1Cc1ccccc1. The fraction of sp³-hybridized carbons (Fsp3) is 0.594. The third-order valence-electron chi connectivity index (χ3n) is 9.58. The molecule has 224 valence electrons. The van der Waals surface area contributed by atoms with E-state index < -0.39 is 35.0 Å². The summed E-state index contributed by atoms with van der Waals surface area (Å²) in [5, 5.41) is 0. The normalized spacial score (nSPS) is 24.0. The van der Waals surface area contributed by atoms with Gasteiger partial charge in [0.1, 0.15) is 0 Å². The Morgan fingerprint density at radius 2 is 1.41 bits per heavy atom. The molecule has 2 atom stereocenters. The fourth-order valence-corrected chi connectivity index (χ4v) is 7.27. The van der Waals surface area contributed by atoms with Crippen molar-refractivity contribution in [3.63, 3.8) is 0 Å². The molecule has 3 nitrogen and oxygen atoms in total. The van der Waals surface area contributed by atoms with Gasteiger partial charge in [-0.15, -0.1) is 0 Å². The van der Waals surface area contributed by atoms with Crippen molar-refractivity contribution in [2.24, 2.45) is 11.3 Å². The van der Waals surface area contributed by atoms with Crippen LogP contribution >= 0.6 is 0 Å². The van der Waals surface area contributed by atoms with Gasteiger partial charge in [-0.05, 0) is 93.1 Å². The molecule has 2 aromatic carbocycles. The molecule has 2 aromatic rings. The van der Waals surface area contributed by atoms with Crippen LogP contribution in [0.2, 0.25) is 0 Å². The third kappa shape index (κ3) is 7.27. The van der Waals surface area contributed by atoms with Gasteiger partial charge in [-0.2, -0.15) is 26.3 Å². The quantitative estimate of drug-likeness (QED) is 0.333. The van der Waals surface area contributed by atoms with Crippen molar-refractivity contribution in [1.82, 2.24) is 9.80 Å². The first-order valence-corrected chi connectivity index (χ1v) is 14.8. The zero-order chi connectivity index (χ0) is 29.3. The maximum absolute atomic E-state index is 13.6. The molecule has 5 rings (SSSR count). The van der Waals surface area contributed by atoms with Gasteiger partial charge in [-0.1, -0.05) is 49.6 Å². The van der Waals surface area contributed by atoms with Crippen LogP contribution in [0.4, 0.5) is 26.3 Å². The number of halogens is 6. The van der Waals surface area contributed by atoms with E-state index >= 15 is 0 Å². The fourth-order valence-electron chi connectivity index (χ4n) is 7.27. The van der Waals surface area contributed by atoms with Crippen molar-refractivity contribution in [1.29, 1.82) is 0 Å². The maximum atomic E-state index is 13.6. The van der Waals surface area contributed by atoms with Crippen LogP contribution in [0, 0.1) is 11.3 Å². The van der Waals surface area contributed by atoms with Crippen LogP contribution in [0.3, 0.4) is 0 Å². The van der Waals surface area contributed by atoms with Crippen molar-refractivity contribution < 1.29 is 31.1 Å². The highest BCUT2D eigenvalue weighted by Gasteiger charge is 2.40. The molecule has 41 heavy (non-hydrogen) atoms. The van der Waals surface area contributed by atoms with Gasteiger partial charge in [0.2, 0.25) is 0 Å².